The molecule has 0 aliphatic carbocycles. The van der Waals surface area contributed by atoms with E-state index < -0.39 is 10.8 Å². The van der Waals surface area contributed by atoms with Gasteiger partial charge in [0.05, 0.1) is 4.92 Å². The summed E-state index contributed by atoms with van der Waals surface area (Å²) in [4.78, 5) is 34.7. The predicted molar refractivity (Wildman–Crippen MR) is 99.9 cm³/mol. The average molecular weight is 383 g/mol. The van der Waals surface area contributed by atoms with Gasteiger partial charge in [0.2, 0.25) is 5.91 Å². The average Bonchev–Trinajstić information content (AvgIpc) is 3.22. The van der Waals surface area contributed by atoms with Crippen LogP contribution in [0, 0.1) is 17.0 Å². The number of nitro groups is 1. The van der Waals surface area contributed by atoms with Crippen LogP contribution < -0.4 is 10.6 Å². The van der Waals surface area contributed by atoms with E-state index in [9.17, 15) is 19.7 Å². The van der Waals surface area contributed by atoms with Crippen LogP contribution in [0.25, 0.3) is 0 Å². The molecule has 28 heavy (non-hydrogen) atoms. The summed E-state index contributed by atoms with van der Waals surface area (Å²) in [6.45, 7) is 1.34. The third-order valence-corrected chi connectivity index (χ3v) is 3.92. The molecule has 0 radical (unpaired) electrons. The van der Waals surface area contributed by atoms with E-state index in [4.69, 9.17) is 0 Å². The van der Waals surface area contributed by atoms with Crippen molar-refractivity contribution in [2.75, 3.05) is 10.6 Å². The fourth-order valence-corrected chi connectivity index (χ4v) is 2.52. The molecule has 11 nitrogen and oxygen atoms in total. The zero-order valence-electron chi connectivity index (χ0n) is 15.1. The molecule has 0 saturated heterocycles. The second kappa shape index (κ2) is 7.70. The van der Waals surface area contributed by atoms with Crippen LogP contribution in [0.15, 0.2) is 42.7 Å². The van der Waals surface area contributed by atoms with Gasteiger partial charge in [0.1, 0.15) is 18.4 Å². The summed E-state index contributed by atoms with van der Waals surface area (Å²) in [5.74, 6) is -0.780. The SMILES string of the molecule is Cc1c([N+](=O)[O-])cnn1CC(=O)Nc1cccc(NC(=O)c2ccn(C)n2)c1. The molecule has 0 atom stereocenters. The Balaban J connectivity index is 1.64. The largest absolute Gasteiger partial charge is 0.324 e. The number of aromatic nitrogens is 4. The van der Waals surface area contributed by atoms with E-state index in [-0.39, 0.29) is 29.5 Å². The number of amides is 2. The van der Waals surface area contributed by atoms with Crippen LogP contribution >= 0.6 is 0 Å². The molecule has 0 aliphatic rings. The van der Waals surface area contributed by atoms with Crippen molar-refractivity contribution in [3.8, 4) is 0 Å². The Morgan fingerprint density at radius 3 is 2.54 bits per heavy atom. The van der Waals surface area contributed by atoms with Gasteiger partial charge in [0.25, 0.3) is 5.91 Å². The molecule has 3 aromatic rings. The van der Waals surface area contributed by atoms with Gasteiger partial charge < -0.3 is 10.6 Å². The second-order valence-electron chi connectivity index (χ2n) is 5.99. The van der Waals surface area contributed by atoms with Gasteiger partial charge in [-0.25, -0.2) is 0 Å². The van der Waals surface area contributed by atoms with Gasteiger partial charge in [0.15, 0.2) is 5.69 Å². The van der Waals surface area contributed by atoms with Gasteiger partial charge in [-0.2, -0.15) is 10.2 Å². The fourth-order valence-electron chi connectivity index (χ4n) is 2.52. The Morgan fingerprint density at radius 2 is 1.93 bits per heavy atom. The third-order valence-electron chi connectivity index (χ3n) is 3.92. The predicted octanol–water partition coefficient (Wildman–Crippen LogP) is 1.72. The van der Waals surface area contributed by atoms with Crippen LogP contribution in [0.1, 0.15) is 16.2 Å². The first-order valence-corrected chi connectivity index (χ1v) is 8.21. The smallest absolute Gasteiger partial charge is 0.309 e. The summed E-state index contributed by atoms with van der Waals surface area (Å²) in [7, 11) is 1.71. The van der Waals surface area contributed by atoms with Crippen molar-refractivity contribution in [3.63, 3.8) is 0 Å². The molecule has 0 unspecified atom stereocenters. The number of hydrogen-bond donors (Lipinski definition) is 2. The summed E-state index contributed by atoms with van der Waals surface area (Å²) in [6.07, 6.45) is 2.77. The number of carbonyl (C=O) groups excluding carboxylic acids is 2. The van der Waals surface area contributed by atoms with Crippen molar-refractivity contribution < 1.29 is 14.5 Å². The maximum Gasteiger partial charge on any atom is 0.309 e. The summed E-state index contributed by atoms with van der Waals surface area (Å²) in [5, 5.41) is 24.1. The Kier molecular flexibility index (Phi) is 5.16. The molecule has 0 spiro atoms. The summed E-state index contributed by atoms with van der Waals surface area (Å²) in [5.41, 5.74) is 1.36. The van der Waals surface area contributed by atoms with Gasteiger partial charge in [-0.15, -0.1) is 0 Å². The standard InChI is InChI=1S/C17H17N7O4/c1-11-15(24(27)28)9-18-23(11)10-16(25)19-12-4-3-5-13(8-12)20-17(26)14-6-7-22(2)21-14/h3-9H,10H2,1-2H3,(H,19,25)(H,20,26). The van der Waals surface area contributed by atoms with E-state index in [1.165, 1.54) is 16.3 Å². The minimum atomic E-state index is -0.551. The molecule has 1 aromatic carbocycles. The molecule has 144 valence electrons. The molecule has 3 rings (SSSR count). The maximum absolute atomic E-state index is 12.2. The lowest BCUT2D eigenvalue weighted by Crippen LogP contribution is -2.20. The minimum Gasteiger partial charge on any atom is -0.324 e. The number of anilines is 2. The van der Waals surface area contributed by atoms with E-state index >= 15 is 0 Å². The van der Waals surface area contributed by atoms with Gasteiger partial charge in [-0.1, -0.05) is 6.07 Å². The van der Waals surface area contributed by atoms with Crippen LogP contribution in [0.5, 0.6) is 0 Å². The Morgan fingerprint density at radius 1 is 1.21 bits per heavy atom. The molecule has 0 saturated carbocycles. The Labute approximate surface area is 159 Å². The van der Waals surface area contributed by atoms with Gasteiger partial charge in [-0.3, -0.25) is 29.1 Å². The van der Waals surface area contributed by atoms with Crippen molar-refractivity contribution in [2.45, 2.75) is 13.5 Å². The van der Waals surface area contributed by atoms with Gasteiger partial charge in [-0.05, 0) is 31.2 Å². The Bertz CT molecular complexity index is 1050. The highest BCUT2D eigenvalue weighted by molar-refractivity contribution is 6.03. The molecule has 2 heterocycles. The monoisotopic (exact) mass is 383 g/mol. The van der Waals surface area contributed by atoms with E-state index in [2.05, 4.69) is 20.8 Å². The van der Waals surface area contributed by atoms with E-state index in [0.717, 1.165) is 6.20 Å². The number of nitrogens with zero attached hydrogens (tertiary/aromatic N) is 5. The number of benzene rings is 1. The van der Waals surface area contributed by atoms with E-state index in [1.807, 2.05) is 0 Å². The highest BCUT2D eigenvalue weighted by Gasteiger charge is 2.18. The number of aryl methyl sites for hydroxylation is 1. The molecule has 2 N–H and O–H groups in total. The molecular weight excluding hydrogens is 366 g/mol. The van der Waals surface area contributed by atoms with Crippen molar-refractivity contribution in [3.05, 3.63) is 64.2 Å². The topological polar surface area (TPSA) is 137 Å². The minimum absolute atomic E-state index is 0.146. The van der Waals surface area contributed by atoms with E-state index in [0.29, 0.717) is 11.4 Å². The maximum atomic E-state index is 12.2. The quantitative estimate of drug-likeness (QED) is 0.491. The zero-order chi connectivity index (χ0) is 20.3. The van der Waals surface area contributed by atoms with Crippen LogP contribution in [-0.4, -0.2) is 36.3 Å². The first-order valence-electron chi connectivity index (χ1n) is 8.21. The zero-order valence-corrected chi connectivity index (χ0v) is 15.1. The first kappa shape index (κ1) is 18.8. The molecule has 0 fully saturated rings. The molecule has 2 amide bonds. The number of hydrogen-bond acceptors (Lipinski definition) is 6. The highest BCUT2D eigenvalue weighted by atomic mass is 16.6. The summed E-state index contributed by atoms with van der Waals surface area (Å²) in [6, 6.07) is 8.20. The van der Waals surface area contributed by atoms with Crippen molar-refractivity contribution >= 4 is 28.9 Å². The lowest BCUT2D eigenvalue weighted by Gasteiger charge is -2.09. The fraction of sp³-hybridized carbons (Fsp3) is 0.176. The normalized spacial score (nSPS) is 10.5. The molecular formula is C17H17N7O4. The Hall–Kier alpha value is -4.02. The lowest BCUT2D eigenvalue weighted by molar-refractivity contribution is -0.385. The van der Waals surface area contributed by atoms with Gasteiger partial charge in [0, 0.05) is 24.6 Å². The molecule has 0 aliphatic heterocycles. The third kappa shape index (κ3) is 4.20. The van der Waals surface area contributed by atoms with Crippen LogP contribution in [0.3, 0.4) is 0 Å². The second-order valence-corrected chi connectivity index (χ2v) is 5.99. The summed E-state index contributed by atoms with van der Waals surface area (Å²) >= 11 is 0. The van der Waals surface area contributed by atoms with Crippen LogP contribution in [-0.2, 0) is 18.4 Å². The van der Waals surface area contributed by atoms with Crippen LogP contribution in [0.4, 0.5) is 17.1 Å². The molecule has 11 heteroatoms. The van der Waals surface area contributed by atoms with E-state index in [1.54, 1.807) is 43.6 Å². The molecule has 2 aromatic heterocycles. The van der Waals surface area contributed by atoms with Crippen LogP contribution in [0.2, 0.25) is 0 Å². The van der Waals surface area contributed by atoms with Crippen molar-refractivity contribution in [2.24, 2.45) is 7.05 Å². The highest BCUT2D eigenvalue weighted by Crippen LogP contribution is 2.18. The number of nitrogens with one attached hydrogen (secondary N) is 2. The lowest BCUT2D eigenvalue weighted by atomic mass is 10.2. The summed E-state index contributed by atoms with van der Waals surface area (Å²) < 4.78 is 2.77. The molecule has 0 bridgehead atoms. The first-order chi connectivity index (χ1) is 13.3. The van der Waals surface area contributed by atoms with Crippen molar-refractivity contribution in [1.29, 1.82) is 0 Å². The number of rotatable bonds is 6. The van der Waals surface area contributed by atoms with Gasteiger partial charge >= 0.3 is 5.69 Å². The number of carbonyl (C=O) groups is 2. The van der Waals surface area contributed by atoms with Crippen molar-refractivity contribution in [1.82, 2.24) is 19.6 Å².